The van der Waals surface area contributed by atoms with Crippen molar-refractivity contribution in [2.24, 2.45) is 23.2 Å². The summed E-state index contributed by atoms with van der Waals surface area (Å²) in [5.41, 5.74) is 2.52. The average Bonchev–Trinajstić information content (AvgIpc) is 2.99. The van der Waals surface area contributed by atoms with Crippen LogP contribution in [0.5, 0.6) is 0 Å². The second-order valence-electron chi connectivity index (χ2n) is 10.6. The Morgan fingerprint density at radius 2 is 1.69 bits per heavy atom. The van der Waals surface area contributed by atoms with E-state index in [9.17, 15) is 0 Å². The Labute approximate surface area is 164 Å². The highest BCUT2D eigenvalue weighted by Gasteiger charge is 2.59. The van der Waals surface area contributed by atoms with Gasteiger partial charge in [-0.05, 0) is 111 Å². The van der Waals surface area contributed by atoms with Gasteiger partial charge in [-0.15, -0.1) is 0 Å². The molecule has 0 saturated heterocycles. The summed E-state index contributed by atoms with van der Waals surface area (Å²) >= 11 is 6.19. The van der Waals surface area contributed by atoms with E-state index in [1.54, 1.807) is 5.56 Å². The van der Waals surface area contributed by atoms with Gasteiger partial charge in [-0.2, -0.15) is 0 Å². The third-order valence-electron chi connectivity index (χ3n) is 8.66. The normalized spacial score (nSPS) is 45.2. The summed E-state index contributed by atoms with van der Waals surface area (Å²) in [7, 11) is 0. The number of hydrogen-bond acceptors (Lipinski definition) is 1. The molecule has 6 rings (SSSR count). The topological polar surface area (TPSA) is 12.0 Å². The van der Waals surface area contributed by atoms with Crippen LogP contribution in [0, 0.1) is 23.2 Å². The van der Waals surface area contributed by atoms with E-state index in [2.05, 4.69) is 43.4 Å². The highest BCUT2D eigenvalue weighted by Crippen LogP contribution is 2.66. The van der Waals surface area contributed by atoms with Gasteiger partial charge in [0.25, 0.3) is 0 Å². The van der Waals surface area contributed by atoms with Crippen molar-refractivity contribution in [3.05, 3.63) is 34.9 Å². The van der Waals surface area contributed by atoms with E-state index in [1.165, 1.54) is 57.8 Å². The molecule has 0 unspecified atom stereocenters. The van der Waals surface area contributed by atoms with E-state index in [0.717, 1.165) is 28.8 Å². The van der Waals surface area contributed by atoms with E-state index in [4.69, 9.17) is 11.6 Å². The van der Waals surface area contributed by atoms with Gasteiger partial charge >= 0.3 is 0 Å². The molecule has 0 spiro atoms. The van der Waals surface area contributed by atoms with Crippen LogP contribution in [0.1, 0.15) is 77.2 Å². The first-order valence-electron chi connectivity index (χ1n) is 11.0. The van der Waals surface area contributed by atoms with Crippen LogP contribution in [0.4, 0.5) is 0 Å². The molecule has 4 bridgehead atoms. The zero-order valence-corrected chi connectivity index (χ0v) is 17.2. The lowest BCUT2D eigenvalue weighted by Crippen LogP contribution is -2.60. The first kappa shape index (κ1) is 17.6. The molecule has 5 fully saturated rings. The zero-order valence-electron chi connectivity index (χ0n) is 16.4. The molecule has 142 valence electrons. The number of halogens is 1. The van der Waals surface area contributed by atoms with Crippen molar-refractivity contribution < 1.29 is 0 Å². The summed E-state index contributed by atoms with van der Waals surface area (Å²) in [5.74, 6) is 2.80. The van der Waals surface area contributed by atoms with Crippen LogP contribution in [0.25, 0.3) is 0 Å². The molecule has 1 nitrogen and oxygen atoms in total. The lowest BCUT2D eigenvalue weighted by Gasteiger charge is -2.64. The molecule has 5 atom stereocenters. The fourth-order valence-corrected chi connectivity index (χ4v) is 8.00. The first-order chi connectivity index (χ1) is 12.5. The number of benzene rings is 1. The van der Waals surface area contributed by atoms with Crippen molar-refractivity contribution in [3.8, 4) is 0 Å². The molecule has 5 aliphatic rings. The average molecular weight is 372 g/mol. The molecule has 1 aromatic carbocycles. The molecule has 26 heavy (non-hydrogen) atoms. The standard InChI is InChI=1S/C24H34ClN/c1-16-3-8-22(9-16)26-17(2)23-11-18-10-19(12-23)14-24(13-18,15-23)20-4-6-21(25)7-5-20/h4-7,16-19,22,26H,3,8-15H2,1-2H3/t16-,17+,18+,19+,22+,23?,24?/m1/s1. The number of nitrogens with one attached hydrogen (secondary N) is 1. The second kappa shape index (κ2) is 6.24. The van der Waals surface area contributed by atoms with E-state index < -0.39 is 0 Å². The predicted octanol–water partition coefficient (Wildman–Crippen LogP) is 6.34. The molecule has 1 aromatic rings. The van der Waals surface area contributed by atoms with Crippen LogP contribution in [-0.2, 0) is 5.41 Å². The maximum Gasteiger partial charge on any atom is 0.0406 e. The van der Waals surface area contributed by atoms with Crippen LogP contribution in [0.3, 0.4) is 0 Å². The molecule has 0 radical (unpaired) electrons. The van der Waals surface area contributed by atoms with Crippen molar-refractivity contribution >= 4 is 11.6 Å². The summed E-state index contributed by atoms with van der Waals surface area (Å²) in [6.07, 6.45) is 12.8. The van der Waals surface area contributed by atoms with Crippen molar-refractivity contribution in [1.29, 1.82) is 0 Å². The van der Waals surface area contributed by atoms with Crippen LogP contribution < -0.4 is 5.32 Å². The lowest BCUT2D eigenvalue weighted by molar-refractivity contribution is -0.0895. The molecular weight excluding hydrogens is 338 g/mol. The minimum atomic E-state index is 0.424. The molecule has 5 saturated carbocycles. The molecule has 1 N–H and O–H groups in total. The molecular formula is C24H34ClN. The minimum absolute atomic E-state index is 0.424. The third kappa shape index (κ3) is 2.85. The van der Waals surface area contributed by atoms with Gasteiger partial charge in [0.15, 0.2) is 0 Å². The van der Waals surface area contributed by atoms with Gasteiger partial charge in [-0.1, -0.05) is 30.7 Å². The van der Waals surface area contributed by atoms with Crippen LogP contribution in [0.15, 0.2) is 24.3 Å². The fraction of sp³-hybridized carbons (Fsp3) is 0.750. The maximum atomic E-state index is 6.19. The summed E-state index contributed by atoms with van der Waals surface area (Å²) < 4.78 is 0. The van der Waals surface area contributed by atoms with Gasteiger partial charge in [0, 0.05) is 17.1 Å². The Kier molecular flexibility index (Phi) is 4.22. The molecule has 0 aliphatic heterocycles. The van der Waals surface area contributed by atoms with Gasteiger partial charge in [0.05, 0.1) is 0 Å². The Hall–Kier alpha value is -0.530. The Morgan fingerprint density at radius 1 is 1.00 bits per heavy atom. The monoisotopic (exact) mass is 371 g/mol. The van der Waals surface area contributed by atoms with Gasteiger partial charge in [-0.25, -0.2) is 0 Å². The number of rotatable bonds is 4. The highest BCUT2D eigenvalue weighted by atomic mass is 35.5. The lowest BCUT2D eigenvalue weighted by atomic mass is 9.41. The smallest absolute Gasteiger partial charge is 0.0406 e. The van der Waals surface area contributed by atoms with Crippen LogP contribution >= 0.6 is 11.6 Å². The SMILES string of the molecule is C[C@@H]1CC[C@H](N[C@@H](C)C23C[C@@H]4C[C@H](CC(c5ccc(Cl)cc5)(C4)C2)C3)C1. The van der Waals surface area contributed by atoms with E-state index in [-0.39, 0.29) is 0 Å². The first-order valence-corrected chi connectivity index (χ1v) is 11.4. The van der Waals surface area contributed by atoms with E-state index in [1.807, 2.05) is 0 Å². The molecule has 0 amide bonds. The number of hydrogen-bond donors (Lipinski definition) is 1. The molecule has 0 heterocycles. The van der Waals surface area contributed by atoms with Crippen molar-refractivity contribution in [2.45, 2.75) is 89.1 Å². The highest BCUT2D eigenvalue weighted by molar-refractivity contribution is 6.30. The minimum Gasteiger partial charge on any atom is -0.311 e. The van der Waals surface area contributed by atoms with Gasteiger partial charge in [-0.3, -0.25) is 0 Å². The van der Waals surface area contributed by atoms with Gasteiger partial charge in [0.2, 0.25) is 0 Å². The van der Waals surface area contributed by atoms with Gasteiger partial charge in [0.1, 0.15) is 0 Å². The second-order valence-corrected chi connectivity index (χ2v) is 11.1. The van der Waals surface area contributed by atoms with Crippen LogP contribution in [-0.4, -0.2) is 12.1 Å². The van der Waals surface area contributed by atoms with Crippen molar-refractivity contribution in [3.63, 3.8) is 0 Å². The van der Waals surface area contributed by atoms with Crippen molar-refractivity contribution in [2.75, 3.05) is 0 Å². The zero-order chi connectivity index (χ0) is 17.9. The largest absolute Gasteiger partial charge is 0.311 e. The molecule has 2 heteroatoms. The van der Waals surface area contributed by atoms with E-state index >= 15 is 0 Å². The Balaban J connectivity index is 1.42. The Bertz CT molecular complexity index is 651. The summed E-state index contributed by atoms with van der Waals surface area (Å²) in [6.45, 7) is 4.94. The molecule has 0 aromatic heterocycles. The van der Waals surface area contributed by atoms with Crippen molar-refractivity contribution in [1.82, 2.24) is 5.32 Å². The predicted molar refractivity (Wildman–Crippen MR) is 110 cm³/mol. The fourth-order valence-electron chi connectivity index (χ4n) is 7.87. The van der Waals surface area contributed by atoms with Crippen LogP contribution in [0.2, 0.25) is 5.02 Å². The molecule has 5 aliphatic carbocycles. The summed E-state index contributed by atoms with van der Waals surface area (Å²) in [5, 5.41) is 5.00. The maximum absolute atomic E-state index is 6.19. The third-order valence-corrected chi connectivity index (χ3v) is 8.91. The van der Waals surface area contributed by atoms with Gasteiger partial charge < -0.3 is 5.32 Å². The van der Waals surface area contributed by atoms with E-state index in [0.29, 0.717) is 16.9 Å². The Morgan fingerprint density at radius 3 is 2.31 bits per heavy atom. The summed E-state index contributed by atoms with van der Waals surface area (Å²) in [6, 6.07) is 10.3. The quantitative estimate of drug-likeness (QED) is 0.650. The summed E-state index contributed by atoms with van der Waals surface area (Å²) in [4.78, 5) is 0.